The lowest BCUT2D eigenvalue weighted by Crippen LogP contribution is -3.14. The summed E-state index contributed by atoms with van der Waals surface area (Å²) in [5, 5.41) is 7.92. The van der Waals surface area contributed by atoms with Gasteiger partial charge in [0.15, 0.2) is 13.1 Å². The Balaban J connectivity index is 1.82. The number of imide groups is 1. The number of hydrogen-bond donors (Lipinski definition) is 4. The van der Waals surface area contributed by atoms with Gasteiger partial charge < -0.3 is 15.5 Å². The smallest absolute Gasteiger partial charge is 0.321 e. The van der Waals surface area contributed by atoms with Crippen molar-refractivity contribution in [2.24, 2.45) is 0 Å². The molecule has 1 saturated carbocycles. The third-order valence-corrected chi connectivity index (χ3v) is 4.01. The first kappa shape index (κ1) is 18.9. The van der Waals surface area contributed by atoms with E-state index in [0.717, 1.165) is 35.4 Å². The van der Waals surface area contributed by atoms with E-state index in [9.17, 15) is 14.4 Å². The number of urea groups is 1. The van der Waals surface area contributed by atoms with Crippen molar-refractivity contribution in [3.8, 4) is 0 Å². The van der Waals surface area contributed by atoms with Crippen molar-refractivity contribution in [3.63, 3.8) is 0 Å². The summed E-state index contributed by atoms with van der Waals surface area (Å²) in [6.45, 7) is 4.88. The fraction of sp³-hybridized carbons (Fsp3) is 0.500. The van der Waals surface area contributed by atoms with Crippen molar-refractivity contribution in [1.82, 2.24) is 10.6 Å². The van der Waals surface area contributed by atoms with Crippen LogP contribution in [-0.2, 0) is 9.59 Å². The van der Waals surface area contributed by atoms with Gasteiger partial charge in [0.05, 0.1) is 6.54 Å². The number of carbonyl (C=O) groups excluding carboxylic acids is 3. The fourth-order valence-electron chi connectivity index (χ4n) is 2.57. The Kier molecular flexibility index (Phi) is 6.94. The summed E-state index contributed by atoms with van der Waals surface area (Å²) in [6, 6.07) is 7.31. The molecular weight excluding hydrogens is 320 g/mol. The molecule has 7 nitrogen and oxygen atoms in total. The summed E-state index contributed by atoms with van der Waals surface area (Å²) in [4.78, 5) is 36.7. The van der Waals surface area contributed by atoms with Crippen molar-refractivity contribution in [2.45, 2.75) is 39.2 Å². The van der Waals surface area contributed by atoms with Crippen LogP contribution in [0.2, 0.25) is 0 Å². The van der Waals surface area contributed by atoms with E-state index in [4.69, 9.17) is 0 Å². The number of para-hydroxylation sites is 1. The Hall–Kier alpha value is -2.41. The van der Waals surface area contributed by atoms with Crippen LogP contribution in [0.1, 0.15) is 31.7 Å². The van der Waals surface area contributed by atoms with Gasteiger partial charge in [-0.3, -0.25) is 14.9 Å². The Morgan fingerprint density at radius 2 is 1.80 bits per heavy atom. The number of aryl methyl sites for hydroxylation is 1. The van der Waals surface area contributed by atoms with Gasteiger partial charge in [-0.1, -0.05) is 25.1 Å². The summed E-state index contributed by atoms with van der Waals surface area (Å²) in [5.41, 5.74) is 1.76. The van der Waals surface area contributed by atoms with Crippen LogP contribution >= 0.6 is 0 Å². The number of carbonyl (C=O) groups is 3. The Labute approximate surface area is 148 Å². The lowest BCUT2D eigenvalue weighted by Gasteiger charge is -2.18. The van der Waals surface area contributed by atoms with Crippen molar-refractivity contribution in [1.29, 1.82) is 0 Å². The highest BCUT2D eigenvalue weighted by Crippen LogP contribution is 2.18. The monoisotopic (exact) mass is 347 g/mol. The number of amides is 4. The molecule has 25 heavy (non-hydrogen) atoms. The predicted molar refractivity (Wildman–Crippen MR) is 95.4 cm³/mol. The van der Waals surface area contributed by atoms with Crippen LogP contribution in [0.15, 0.2) is 24.3 Å². The average Bonchev–Trinajstić information content (AvgIpc) is 3.33. The molecule has 1 atom stereocenters. The second-order valence-electron chi connectivity index (χ2n) is 6.51. The number of hydrogen-bond acceptors (Lipinski definition) is 3. The second kappa shape index (κ2) is 9.17. The number of quaternary nitrogens is 1. The third kappa shape index (κ3) is 6.93. The van der Waals surface area contributed by atoms with E-state index in [1.165, 1.54) is 0 Å². The number of rotatable bonds is 8. The number of anilines is 1. The topological polar surface area (TPSA) is 91.7 Å². The van der Waals surface area contributed by atoms with E-state index in [-0.39, 0.29) is 30.9 Å². The molecule has 4 N–H and O–H groups in total. The largest absolute Gasteiger partial charge is 0.335 e. The molecule has 1 aliphatic rings. The maximum atomic E-state index is 12.3. The van der Waals surface area contributed by atoms with Gasteiger partial charge in [0.25, 0.3) is 11.8 Å². The van der Waals surface area contributed by atoms with Crippen LogP contribution in [0.4, 0.5) is 10.5 Å². The minimum Gasteiger partial charge on any atom is -0.335 e. The molecular formula is C18H27N4O3+. The second-order valence-corrected chi connectivity index (χ2v) is 6.51. The van der Waals surface area contributed by atoms with Crippen LogP contribution in [0.5, 0.6) is 0 Å². The third-order valence-electron chi connectivity index (χ3n) is 4.01. The molecule has 1 unspecified atom stereocenters. The zero-order valence-electron chi connectivity index (χ0n) is 14.9. The molecule has 2 rings (SSSR count). The fourth-order valence-corrected chi connectivity index (χ4v) is 2.57. The standard InChI is InChI=1S/C18H26N4O3/c1-3-10-22(12-17(24)21-18(25)19-14-8-9-14)11-16(23)20-15-7-5-4-6-13(15)2/h4-7,14H,3,8-12H2,1-2H3,(H,20,23)(H2,19,21,24,25)/p+1. The van der Waals surface area contributed by atoms with Crippen molar-refractivity contribution in [2.75, 3.05) is 25.0 Å². The molecule has 1 aromatic carbocycles. The summed E-state index contributed by atoms with van der Waals surface area (Å²) in [7, 11) is 0. The lowest BCUT2D eigenvalue weighted by molar-refractivity contribution is -0.883. The number of benzene rings is 1. The minimum absolute atomic E-state index is 0.0904. The summed E-state index contributed by atoms with van der Waals surface area (Å²) >= 11 is 0. The van der Waals surface area contributed by atoms with Crippen LogP contribution in [0, 0.1) is 6.92 Å². The van der Waals surface area contributed by atoms with Gasteiger partial charge in [0.1, 0.15) is 0 Å². The molecule has 7 heteroatoms. The van der Waals surface area contributed by atoms with E-state index in [1.807, 2.05) is 38.1 Å². The molecule has 0 saturated heterocycles. The van der Waals surface area contributed by atoms with Crippen LogP contribution in [0.3, 0.4) is 0 Å². The normalized spacial score (nSPS) is 14.5. The van der Waals surface area contributed by atoms with E-state index < -0.39 is 6.03 Å². The first-order chi connectivity index (χ1) is 12.0. The van der Waals surface area contributed by atoms with E-state index in [0.29, 0.717) is 6.54 Å². The molecule has 0 radical (unpaired) electrons. The zero-order chi connectivity index (χ0) is 18.2. The van der Waals surface area contributed by atoms with Crippen molar-refractivity contribution < 1.29 is 19.3 Å². The average molecular weight is 347 g/mol. The molecule has 1 aliphatic carbocycles. The SMILES string of the molecule is CCC[NH+](CC(=O)NC(=O)NC1CC1)CC(=O)Nc1ccccc1C. The quantitative estimate of drug-likeness (QED) is 0.542. The zero-order valence-corrected chi connectivity index (χ0v) is 14.9. The van der Waals surface area contributed by atoms with Crippen LogP contribution in [0.25, 0.3) is 0 Å². The summed E-state index contributed by atoms with van der Waals surface area (Å²) in [6.07, 6.45) is 2.77. The highest BCUT2D eigenvalue weighted by atomic mass is 16.2. The van der Waals surface area contributed by atoms with E-state index in [1.54, 1.807) is 0 Å². The minimum atomic E-state index is -0.451. The number of nitrogens with one attached hydrogen (secondary N) is 4. The Bertz CT molecular complexity index is 629. The summed E-state index contributed by atoms with van der Waals surface area (Å²) < 4.78 is 0. The summed E-state index contributed by atoms with van der Waals surface area (Å²) in [5.74, 6) is -0.515. The van der Waals surface area contributed by atoms with Gasteiger partial charge in [-0.05, 0) is 37.8 Å². The predicted octanol–water partition coefficient (Wildman–Crippen LogP) is 0.217. The van der Waals surface area contributed by atoms with Gasteiger partial charge in [-0.2, -0.15) is 0 Å². The molecule has 1 aromatic rings. The van der Waals surface area contributed by atoms with Gasteiger partial charge in [0.2, 0.25) is 0 Å². The van der Waals surface area contributed by atoms with Crippen molar-refractivity contribution >= 4 is 23.5 Å². The maximum absolute atomic E-state index is 12.3. The molecule has 0 bridgehead atoms. The maximum Gasteiger partial charge on any atom is 0.321 e. The molecule has 0 aromatic heterocycles. The molecule has 1 fully saturated rings. The first-order valence-electron chi connectivity index (χ1n) is 8.77. The lowest BCUT2D eigenvalue weighted by atomic mass is 10.2. The molecule has 136 valence electrons. The molecule has 0 spiro atoms. The highest BCUT2D eigenvalue weighted by Gasteiger charge is 2.25. The van der Waals surface area contributed by atoms with Crippen molar-refractivity contribution in [3.05, 3.63) is 29.8 Å². The first-order valence-corrected chi connectivity index (χ1v) is 8.77. The Morgan fingerprint density at radius 1 is 1.12 bits per heavy atom. The Morgan fingerprint density at radius 3 is 2.44 bits per heavy atom. The van der Waals surface area contributed by atoms with Gasteiger partial charge >= 0.3 is 6.03 Å². The van der Waals surface area contributed by atoms with Gasteiger partial charge in [-0.25, -0.2) is 4.79 Å². The molecule has 0 heterocycles. The van der Waals surface area contributed by atoms with Crippen LogP contribution in [-0.4, -0.2) is 43.5 Å². The van der Waals surface area contributed by atoms with Gasteiger partial charge in [-0.15, -0.1) is 0 Å². The van der Waals surface area contributed by atoms with E-state index >= 15 is 0 Å². The molecule has 4 amide bonds. The molecule has 0 aliphatic heterocycles. The van der Waals surface area contributed by atoms with Gasteiger partial charge in [0, 0.05) is 11.7 Å². The van der Waals surface area contributed by atoms with Crippen LogP contribution < -0.4 is 20.9 Å². The van der Waals surface area contributed by atoms with E-state index in [2.05, 4.69) is 16.0 Å². The highest BCUT2D eigenvalue weighted by molar-refractivity contribution is 5.95.